The van der Waals surface area contributed by atoms with Crippen molar-refractivity contribution in [3.63, 3.8) is 0 Å². The molecule has 0 saturated carbocycles. The Kier molecular flexibility index (Phi) is 1.85. The fourth-order valence-corrected chi connectivity index (χ4v) is 0.917. The molecule has 11 heavy (non-hydrogen) atoms. The van der Waals surface area contributed by atoms with Gasteiger partial charge in [-0.25, -0.2) is 4.98 Å². The highest BCUT2D eigenvalue weighted by atomic mass is 14.7. The first-order chi connectivity index (χ1) is 5.00. The van der Waals surface area contributed by atoms with Crippen molar-refractivity contribution >= 4 is 5.69 Å². The number of pyridine rings is 1. The Bertz CT molecular complexity index is 248. The highest BCUT2D eigenvalue weighted by Gasteiger charge is 2.20. The SMILES string of the molecule is CC(C)(C)c1cc(N)cc[nH+]1. The molecule has 0 aromatic carbocycles. The van der Waals surface area contributed by atoms with Gasteiger partial charge in [-0.1, -0.05) is 20.8 Å². The topological polar surface area (TPSA) is 40.2 Å². The van der Waals surface area contributed by atoms with Crippen LogP contribution in [-0.4, -0.2) is 0 Å². The Hall–Kier alpha value is -1.05. The van der Waals surface area contributed by atoms with Gasteiger partial charge >= 0.3 is 0 Å². The van der Waals surface area contributed by atoms with E-state index in [1.54, 1.807) is 0 Å². The molecule has 0 bridgehead atoms. The average molecular weight is 151 g/mol. The van der Waals surface area contributed by atoms with Crippen molar-refractivity contribution in [1.82, 2.24) is 0 Å². The zero-order chi connectivity index (χ0) is 8.48. The Morgan fingerprint density at radius 2 is 2.00 bits per heavy atom. The number of aromatic amines is 1. The molecule has 1 heterocycles. The standard InChI is InChI=1S/C9H14N2/c1-9(2,3)8-6-7(10)4-5-11-8/h4-6H,1-3H3,(H2,10,11)/p+1. The number of H-pyrrole nitrogens is 1. The molecule has 60 valence electrons. The lowest BCUT2D eigenvalue weighted by molar-refractivity contribution is -0.396. The minimum absolute atomic E-state index is 0.148. The van der Waals surface area contributed by atoms with Crippen LogP contribution in [-0.2, 0) is 5.41 Å². The largest absolute Gasteiger partial charge is 0.398 e. The summed E-state index contributed by atoms with van der Waals surface area (Å²) in [7, 11) is 0. The van der Waals surface area contributed by atoms with Crippen LogP contribution in [0.25, 0.3) is 0 Å². The molecular weight excluding hydrogens is 136 g/mol. The first-order valence-corrected chi connectivity index (χ1v) is 3.78. The van der Waals surface area contributed by atoms with E-state index in [1.165, 1.54) is 0 Å². The number of nitrogens with two attached hydrogens (primary N) is 1. The summed E-state index contributed by atoms with van der Waals surface area (Å²) in [5.41, 5.74) is 7.76. The maximum Gasteiger partial charge on any atom is 0.187 e. The van der Waals surface area contributed by atoms with Gasteiger partial charge in [-0.2, -0.15) is 0 Å². The van der Waals surface area contributed by atoms with Crippen LogP contribution >= 0.6 is 0 Å². The predicted molar refractivity (Wildman–Crippen MR) is 46.1 cm³/mol. The van der Waals surface area contributed by atoms with Crippen molar-refractivity contribution in [2.24, 2.45) is 0 Å². The molecule has 0 amide bonds. The van der Waals surface area contributed by atoms with E-state index in [2.05, 4.69) is 25.8 Å². The molecule has 0 aliphatic heterocycles. The quantitative estimate of drug-likeness (QED) is 0.598. The summed E-state index contributed by atoms with van der Waals surface area (Å²) in [4.78, 5) is 3.17. The molecule has 1 aromatic heterocycles. The van der Waals surface area contributed by atoms with E-state index in [0.29, 0.717) is 0 Å². The van der Waals surface area contributed by atoms with Crippen LogP contribution in [0.5, 0.6) is 0 Å². The smallest absolute Gasteiger partial charge is 0.187 e. The first kappa shape index (κ1) is 8.05. The second-order valence-electron chi connectivity index (χ2n) is 3.79. The van der Waals surface area contributed by atoms with Crippen LogP contribution < -0.4 is 10.7 Å². The van der Waals surface area contributed by atoms with E-state index >= 15 is 0 Å². The van der Waals surface area contributed by atoms with Gasteiger partial charge in [0.05, 0.1) is 0 Å². The number of hydrogen-bond donors (Lipinski definition) is 1. The Morgan fingerprint density at radius 1 is 1.36 bits per heavy atom. The van der Waals surface area contributed by atoms with Crippen LogP contribution in [0, 0.1) is 0 Å². The van der Waals surface area contributed by atoms with Crippen LogP contribution in [0.2, 0.25) is 0 Å². The molecule has 0 radical (unpaired) electrons. The van der Waals surface area contributed by atoms with Crippen molar-refractivity contribution in [2.45, 2.75) is 26.2 Å². The van der Waals surface area contributed by atoms with Crippen molar-refractivity contribution < 1.29 is 4.98 Å². The number of rotatable bonds is 0. The van der Waals surface area contributed by atoms with Crippen LogP contribution in [0.4, 0.5) is 5.69 Å². The van der Waals surface area contributed by atoms with Crippen molar-refractivity contribution in [1.29, 1.82) is 0 Å². The van der Waals surface area contributed by atoms with Gasteiger partial charge in [-0.15, -0.1) is 0 Å². The summed E-state index contributed by atoms with van der Waals surface area (Å²) >= 11 is 0. The van der Waals surface area contributed by atoms with Gasteiger partial charge in [0.2, 0.25) is 0 Å². The summed E-state index contributed by atoms with van der Waals surface area (Å²) in [6, 6.07) is 3.83. The van der Waals surface area contributed by atoms with E-state index in [0.717, 1.165) is 11.4 Å². The second kappa shape index (κ2) is 2.53. The number of hydrogen-bond acceptors (Lipinski definition) is 1. The number of nitrogens with one attached hydrogen (secondary N) is 1. The Labute approximate surface area is 67.5 Å². The number of nitrogen functional groups attached to an aromatic ring is 1. The van der Waals surface area contributed by atoms with Crippen molar-refractivity contribution in [3.05, 3.63) is 24.0 Å². The Morgan fingerprint density at radius 3 is 2.36 bits per heavy atom. The maximum absolute atomic E-state index is 5.64. The van der Waals surface area contributed by atoms with Crippen LogP contribution in [0.3, 0.4) is 0 Å². The summed E-state index contributed by atoms with van der Waals surface area (Å²) in [6.45, 7) is 6.45. The monoisotopic (exact) mass is 151 g/mol. The van der Waals surface area contributed by atoms with E-state index in [4.69, 9.17) is 5.73 Å². The normalized spacial score (nSPS) is 11.5. The van der Waals surface area contributed by atoms with Gasteiger partial charge in [0.25, 0.3) is 0 Å². The Balaban J connectivity index is 3.06. The molecule has 0 unspecified atom stereocenters. The third kappa shape index (κ3) is 1.93. The predicted octanol–water partition coefficient (Wildman–Crippen LogP) is 1.38. The summed E-state index contributed by atoms with van der Waals surface area (Å²) < 4.78 is 0. The molecule has 3 N–H and O–H groups in total. The minimum Gasteiger partial charge on any atom is -0.398 e. The van der Waals surface area contributed by atoms with E-state index < -0.39 is 0 Å². The number of aromatic nitrogens is 1. The van der Waals surface area contributed by atoms with E-state index in [-0.39, 0.29) is 5.41 Å². The molecule has 1 rings (SSSR count). The molecule has 0 aliphatic carbocycles. The van der Waals surface area contributed by atoms with Crippen LogP contribution in [0.1, 0.15) is 26.5 Å². The van der Waals surface area contributed by atoms with Gasteiger partial charge in [0.1, 0.15) is 0 Å². The summed E-state index contributed by atoms with van der Waals surface area (Å²) in [5, 5.41) is 0. The zero-order valence-electron chi connectivity index (χ0n) is 7.31. The van der Waals surface area contributed by atoms with Crippen molar-refractivity contribution in [3.8, 4) is 0 Å². The molecular formula is C9H15N2+. The zero-order valence-corrected chi connectivity index (χ0v) is 7.31. The summed E-state index contributed by atoms with van der Waals surface area (Å²) in [6.07, 6.45) is 1.87. The van der Waals surface area contributed by atoms with Gasteiger partial charge < -0.3 is 5.73 Å². The minimum atomic E-state index is 0.148. The third-order valence-electron chi connectivity index (χ3n) is 1.63. The molecule has 0 spiro atoms. The van der Waals surface area contributed by atoms with E-state index in [1.807, 2.05) is 18.3 Å². The van der Waals surface area contributed by atoms with E-state index in [9.17, 15) is 0 Å². The van der Waals surface area contributed by atoms with Gasteiger partial charge in [-0.3, -0.25) is 0 Å². The molecule has 0 fully saturated rings. The fraction of sp³-hybridized carbons (Fsp3) is 0.444. The fourth-order valence-electron chi connectivity index (χ4n) is 0.917. The maximum atomic E-state index is 5.64. The van der Waals surface area contributed by atoms with Gasteiger partial charge in [0, 0.05) is 23.2 Å². The molecule has 0 atom stereocenters. The van der Waals surface area contributed by atoms with Crippen LogP contribution in [0.15, 0.2) is 18.3 Å². The van der Waals surface area contributed by atoms with Gasteiger partial charge in [-0.05, 0) is 0 Å². The average Bonchev–Trinajstić information content (AvgIpc) is 1.86. The highest BCUT2D eigenvalue weighted by molar-refractivity contribution is 5.36. The molecule has 0 aliphatic rings. The third-order valence-corrected chi connectivity index (χ3v) is 1.63. The lowest BCUT2D eigenvalue weighted by Crippen LogP contribution is -2.23. The second-order valence-corrected chi connectivity index (χ2v) is 3.79. The number of anilines is 1. The molecule has 0 saturated heterocycles. The first-order valence-electron chi connectivity index (χ1n) is 3.78. The molecule has 1 aromatic rings. The highest BCUT2D eigenvalue weighted by Crippen LogP contribution is 2.18. The lowest BCUT2D eigenvalue weighted by atomic mass is 9.91. The van der Waals surface area contributed by atoms with Gasteiger partial charge in [0.15, 0.2) is 11.9 Å². The molecule has 2 nitrogen and oxygen atoms in total. The van der Waals surface area contributed by atoms with Crippen molar-refractivity contribution in [2.75, 3.05) is 5.73 Å². The lowest BCUT2D eigenvalue weighted by Gasteiger charge is -2.12. The summed E-state index contributed by atoms with van der Waals surface area (Å²) in [5.74, 6) is 0. The molecule has 2 heteroatoms.